The Bertz CT molecular complexity index is 268. The molecule has 0 aromatic carbocycles. The summed E-state index contributed by atoms with van der Waals surface area (Å²) in [7, 11) is 0. The fourth-order valence-corrected chi connectivity index (χ4v) is 1.57. The molecule has 1 aliphatic rings. The summed E-state index contributed by atoms with van der Waals surface area (Å²) in [6.45, 7) is 8.63. The van der Waals surface area contributed by atoms with Gasteiger partial charge in [-0.1, -0.05) is 20.8 Å². The fourth-order valence-electron chi connectivity index (χ4n) is 1.57. The topological polar surface area (TPSA) is 49.4 Å². The Balaban J connectivity index is 2.43. The SMILES string of the molecule is CC(=O)N1CCC(NC(=O)C(C)(C)C)C1. The zero-order chi connectivity index (χ0) is 11.6. The van der Waals surface area contributed by atoms with Gasteiger partial charge in [0, 0.05) is 31.5 Å². The number of carbonyl (C=O) groups is 2. The quantitative estimate of drug-likeness (QED) is 0.698. The molecule has 0 radical (unpaired) electrons. The van der Waals surface area contributed by atoms with Gasteiger partial charge in [0.25, 0.3) is 0 Å². The zero-order valence-corrected chi connectivity index (χ0v) is 9.96. The molecule has 1 rings (SSSR count). The Labute approximate surface area is 91.0 Å². The van der Waals surface area contributed by atoms with Crippen molar-refractivity contribution in [3.05, 3.63) is 0 Å². The van der Waals surface area contributed by atoms with Crippen LogP contribution in [0.1, 0.15) is 34.1 Å². The van der Waals surface area contributed by atoms with Crippen LogP contribution in [0.25, 0.3) is 0 Å². The van der Waals surface area contributed by atoms with Crippen molar-refractivity contribution >= 4 is 11.8 Å². The molecule has 1 N–H and O–H groups in total. The van der Waals surface area contributed by atoms with E-state index in [9.17, 15) is 9.59 Å². The first-order valence-electron chi connectivity index (χ1n) is 5.37. The average molecular weight is 212 g/mol. The second-order valence-corrected chi connectivity index (χ2v) is 5.17. The highest BCUT2D eigenvalue weighted by Gasteiger charge is 2.29. The fraction of sp³-hybridized carbons (Fsp3) is 0.818. The number of amides is 2. The molecule has 1 saturated heterocycles. The molecule has 0 aromatic heterocycles. The van der Waals surface area contributed by atoms with Crippen molar-refractivity contribution in [1.29, 1.82) is 0 Å². The van der Waals surface area contributed by atoms with E-state index in [1.54, 1.807) is 11.8 Å². The lowest BCUT2D eigenvalue weighted by Crippen LogP contribution is -2.43. The molecule has 1 unspecified atom stereocenters. The summed E-state index contributed by atoms with van der Waals surface area (Å²) >= 11 is 0. The molecule has 15 heavy (non-hydrogen) atoms. The predicted molar refractivity (Wildman–Crippen MR) is 58.3 cm³/mol. The van der Waals surface area contributed by atoms with Gasteiger partial charge in [-0.2, -0.15) is 0 Å². The number of nitrogens with one attached hydrogen (secondary N) is 1. The summed E-state index contributed by atoms with van der Waals surface area (Å²) in [5, 5.41) is 2.97. The van der Waals surface area contributed by atoms with Gasteiger partial charge in [-0.3, -0.25) is 9.59 Å². The Morgan fingerprint density at radius 3 is 2.33 bits per heavy atom. The Morgan fingerprint density at radius 2 is 1.93 bits per heavy atom. The zero-order valence-electron chi connectivity index (χ0n) is 9.96. The lowest BCUT2D eigenvalue weighted by Gasteiger charge is -2.21. The maximum absolute atomic E-state index is 11.7. The largest absolute Gasteiger partial charge is 0.351 e. The highest BCUT2D eigenvalue weighted by Crippen LogP contribution is 2.15. The molecule has 1 atom stereocenters. The van der Waals surface area contributed by atoms with Crippen LogP contribution in [-0.2, 0) is 9.59 Å². The van der Waals surface area contributed by atoms with Crippen LogP contribution in [0, 0.1) is 5.41 Å². The molecule has 1 heterocycles. The molecule has 0 saturated carbocycles. The smallest absolute Gasteiger partial charge is 0.225 e. The van der Waals surface area contributed by atoms with Gasteiger partial charge in [0.15, 0.2) is 0 Å². The minimum absolute atomic E-state index is 0.0536. The first-order chi connectivity index (χ1) is 6.80. The van der Waals surface area contributed by atoms with E-state index < -0.39 is 0 Å². The number of likely N-dealkylation sites (tertiary alicyclic amines) is 1. The molecule has 86 valence electrons. The molecule has 4 nitrogen and oxygen atoms in total. The predicted octanol–water partition coefficient (Wildman–Crippen LogP) is 0.769. The lowest BCUT2D eigenvalue weighted by atomic mass is 9.95. The molecule has 1 fully saturated rings. The summed E-state index contributed by atoms with van der Waals surface area (Å²) < 4.78 is 0. The van der Waals surface area contributed by atoms with Crippen molar-refractivity contribution in [2.45, 2.75) is 40.2 Å². The van der Waals surface area contributed by atoms with E-state index in [1.165, 1.54) is 0 Å². The molecule has 1 aliphatic heterocycles. The molecular weight excluding hydrogens is 192 g/mol. The van der Waals surface area contributed by atoms with Crippen molar-refractivity contribution in [2.24, 2.45) is 5.41 Å². The molecule has 4 heteroatoms. The summed E-state index contributed by atoms with van der Waals surface area (Å²) in [5.74, 6) is 0.139. The first kappa shape index (κ1) is 12.0. The Morgan fingerprint density at radius 1 is 1.33 bits per heavy atom. The highest BCUT2D eigenvalue weighted by atomic mass is 16.2. The molecule has 0 aromatic rings. The van der Waals surface area contributed by atoms with Crippen molar-refractivity contribution < 1.29 is 9.59 Å². The number of rotatable bonds is 1. The number of nitrogens with zero attached hydrogens (tertiary/aromatic N) is 1. The first-order valence-corrected chi connectivity index (χ1v) is 5.37. The van der Waals surface area contributed by atoms with Crippen molar-refractivity contribution in [3.63, 3.8) is 0 Å². The summed E-state index contributed by atoms with van der Waals surface area (Å²) in [4.78, 5) is 24.5. The third-order valence-corrected chi connectivity index (χ3v) is 2.65. The monoisotopic (exact) mass is 212 g/mol. The van der Waals surface area contributed by atoms with Gasteiger partial charge in [-0.05, 0) is 6.42 Å². The second-order valence-electron chi connectivity index (χ2n) is 5.17. The minimum atomic E-state index is -0.357. The Hall–Kier alpha value is -1.06. The Kier molecular flexibility index (Phi) is 3.37. The van der Waals surface area contributed by atoms with Gasteiger partial charge in [-0.15, -0.1) is 0 Å². The van der Waals surface area contributed by atoms with Gasteiger partial charge in [0.1, 0.15) is 0 Å². The van der Waals surface area contributed by atoms with Crippen LogP contribution >= 0.6 is 0 Å². The van der Waals surface area contributed by atoms with Gasteiger partial charge in [0.2, 0.25) is 11.8 Å². The normalized spacial score (nSPS) is 21.6. The van der Waals surface area contributed by atoms with Gasteiger partial charge < -0.3 is 10.2 Å². The van der Waals surface area contributed by atoms with Crippen LogP contribution in [0.4, 0.5) is 0 Å². The summed E-state index contributed by atoms with van der Waals surface area (Å²) in [6.07, 6.45) is 0.863. The van der Waals surface area contributed by atoms with Crippen LogP contribution in [0.15, 0.2) is 0 Å². The highest BCUT2D eigenvalue weighted by molar-refractivity contribution is 5.81. The van der Waals surface area contributed by atoms with E-state index in [4.69, 9.17) is 0 Å². The molecule has 0 aliphatic carbocycles. The van der Waals surface area contributed by atoms with Gasteiger partial charge in [0.05, 0.1) is 0 Å². The maximum Gasteiger partial charge on any atom is 0.225 e. The summed E-state index contributed by atoms with van der Waals surface area (Å²) in [6, 6.07) is 0.126. The standard InChI is InChI=1S/C11H20N2O2/c1-8(14)13-6-5-9(7-13)12-10(15)11(2,3)4/h9H,5-7H2,1-4H3,(H,12,15). The van der Waals surface area contributed by atoms with E-state index in [-0.39, 0.29) is 23.3 Å². The number of hydrogen-bond donors (Lipinski definition) is 1. The second kappa shape index (κ2) is 4.21. The molecule has 0 bridgehead atoms. The molecule has 0 spiro atoms. The third kappa shape index (κ3) is 3.22. The van der Waals surface area contributed by atoms with Crippen LogP contribution < -0.4 is 5.32 Å². The number of hydrogen-bond acceptors (Lipinski definition) is 2. The van der Waals surface area contributed by atoms with Crippen LogP contribution in [-0.4, -0.2) is 35.8 Å². The van der Waals surface area contributed by atoms with E-state index in [0.717, 1.165) is 13.0 Å². The maximum atomic E-state index is 11.7. The van der Waals surface area contributed by atoms with Crippen LogP contribution in [0.3, 0.4) is 0 Å². The van der Waals surface area contributed by atoms with E-state index in [1.807, 2.05) is 20.8 Å². The van der Waals surface area contributed by atoms with E-state index in [2.05, 4.69) is 5.32 Å². The average Bonchev–Trinajstić information content (AvgIpc) is 2.50. The minimum Gasteiger partial charge on any atom is -0.351 e. The summed E-state index contributed by atoms with van der Waals surface area (Å²) in [5.41, 5.74) is -0.357. The van der Waals surface area contributed by atoms with Crippen LogP contribution in [0.2, 0.25) is 0 Å². The van der Waals surface area contributed by atoms with Crippen molar-refractivity contribution in [2.75, 3.05) is 13.1 Å². The molecule has 2 amide bonds. The van der Waals surface area contributed by atoms with Crippen molar-refractivity contribution in [1.82, 2.24) is 10.2 Å². The van der Waals surface area contributed by atoms with E-state index in [0.29, 0.717) is 6.54 Å². The molecular formula is C11H20N2O2. The van der Waals surface area contributed by atoms with Crippen molar-refractivity contribution in [3.8, 4) is 0 Å². The lowest BCUT2D eigenvalue weighted by molar-refractivity contribution is -0.130. The van der Waals surface area contributed by atoms with Gasteiger partial charge >= 0.3 is 0 Å². The van der Waals surface area contributed by atoms with Gasteiger partial charge in [-0.25, -0.2) is 0 Å². The third-order valence-electron chi connectivity index (χ3n) is 2.65. The number of carbonyl (C=O) groups excluding carboxylic acids is 2. The van der Waals surface area contributed by atoms with E-state index >= 15 is 0 Å². The van der Waals surface area contributed by atoms with Crippen LogP contribution in [0.5, 0.6) is 0 Å².